The van der Waals surface area contributed by atoms with Crippen molar-refractivity contribution in [3.05, 3.63) is 30.1 Å². The fourth-order valence-corrected chi connectivity index (χ4v) is 5.34. The van der Waals surface area contributed by atoms with Crippen molar-refractivity contribution in [2.45, 2.75) is 56.0 Å². The van der Waals surface area contributed by atoms with Crippen molar-refractivity contribution >= 4 is 21.8 Å². The Kier molecular flexibility index (Phi) is 5.77. The molecule has 1 heterocycles. The Labute approximate surface area is 164 Å². The molecule has 1 aromatic carbocycles. The first-order valence-corrected chi connectivity index (χ1v) is 11.0. The Bertz CT molecular complexity index is 848. The van der Waals surface area contributed by atoms with E-state index in [1.54, 1.807) is 13.8 Å². The van der Waals surface area contributed by atoms with Gasteiger partial charge in [-0.15, -0.1) is 0 Å². The first-order chi connectivity index (χ1) is 13.1. The van der Waals surface area contributed by atoms with E-state index in [9.17, 15) is 22.4 Å². The molecule has 9 heteroatoms. The van der Waals surface area contributed by atoms with Gasteiger partial charge in [-0.25, -0.2) is 12.8 Å². The summed E-state index contributed by atoms with van der Waals surface area (Å²) in [6.45, 7) is 3.38. The predicted molar refractivity (Wildman–Crippen MR) is 101 cm³/mol. The van der Waals surface area contributed by atoms with E-state index in [4.69, 9.17) is 0 Å². The molecule has 2 amide bonds. The average Bonchev–Trinajstić information content (AvgIpc) is 3.02. The maximum Gasteiger partial charge on any atom is 0.244 e. The molecule has 0 bridgehead atoms. The fraction of sp³-hybridized carbons (Fsp3) is 0.579. The third kappa shape index (κ3) is 4.20. The Morgan fingerprint density at radius 3 is 2.43 bits per heavy atom. The Morgan fingerprint density at radius 1 is 1.25 bits per heavy atom. The van der Waals surface area contributed by atoms with Crippen molar-refractivity contribution in [3.63, 3.8) is 0 Å². The maximum absolute atomic E-state index is 13.2. The van der Waals surface area contributed by atoms with Gasteiger partial charge in [0.05, 0.1) is 10.4 Å². The lowest BCUT2D eigenvalue weighted by atomic mass is 9.98. The first kappa shape index (κ1) is 20.7. The Hall–Kier alpha value is -2.00. The van der Waals surface area contributed by atoms with Crippen molar-refractivity contribution in [3.8, 4) is 0 Å². The fourth-order valence-electron chi connectivity index (χ4n) is 3.80. The number of carbonyl (C=O) groups excluding carboxylic acids is 2. The standard InChI is InChI=1S/C19H26FN3O4S/c1-13(2)17(24)21-16-11-23(12-19(22-18(16)25)9-3-4-10-19)28(26,27)15-7-5-14(20)6-8-15/h5-8,13,16H,3-4,9-12H2,1-2H3,(H,21,24)(H,22,25). The number of sulfonamides is 1. The molecular weight excluding hydrogens is 385 g/mol. The van der Waals surface area contributed by atoms with Crippen LogP contribution in [0, 0.1) is 11.7 Å². The quantitative estimate of drug-likeness (QED) is 0.783. The lowest BCUT2D eigenvalue weighted by molar-refractivity contribution is -0.131. The summed E-state index contributed by atoms with van der Waals surface area (Å²) in [6, 6.07) is 3.64. The molecule has 1 aliphatic carbocycles. The van der Waals surface area contributed by atoms with Crippen molar-refractivity contribution in [2.75, 3.05) is 13.1 Å². The van der Waals surface area contributed by atoms with E-state index in [0.29, 0.717) is 12.8 Å². The lowest BCUT2D eigenvalue weighted by Gasteiger charge is -2.32. The van der Waals surface area contributed by atoms with E-state index in [0.717, 1.165) is 25.0 Å². The summed E-state index contributed by atoms with van der Waals surface area (Å²) < 4.78 is 40.9. The van der Waals surface area contributed by atoms with Crippen LogP contribution in [0.4, 0.5) is 4.39 Å². The van der Waals surface area contributed by atoms with Crippen LogP contribution in [-0.2, 0) is 19.6 Å². The van der Waals surface area contributed by atoms with Crippen LogP contribution in [0.1, 0.15) is 39.5 Å². The van der Waals surface area contributed by atoms with E-state index in [1.807, 2.05) is 0 Å². The lowest BCUT2D eigenvalue weighted by Crippen LogP contribution is -2.54. The highest BCUT2D eigenvalue weighted by molar-refractivity contribution is 7.89. The summed E-state index contributed by atoms with van der Waals surface area (Å²) in [4.78, 5) is 24.9. The van der Waals surface area contributed by atoms with Crippen LogP contribution < -0.4 is 10.6 Å². The average molecular weight is 411 g/mol. The molecule has 1 aliphatic heterocycles. The maximum atomic E-state index is 13.2. The molecule has 7 nitrogen and oxygen atoms in total. The van der Waals surface area contributed by atoms with E-state index >= 15 is 0 Å². The number of nitrogens with zero attached hydrogens (tertiary/aromatic N) is 1. The summed E-state index contributed by atoms with van der Waals surface area (Å²) in [7, 11) is -3.95. The van der Waals surface area contributed by atoms with Gasteiger partial charge in [0, 0.05) is 19.0 Å². The second-order valence-electron chi connectivity index (χ2n) is 7.94. The number of hydrogen-bond acceptors (Lipinski definition) is 4. The summed E-state index contributed by atoms with van der Waals surface area (Å²) in [6.07, 6.45) is 3.15. The second kappa shape index (κ2) is 7.79. The van der Waals surface area contributed by atoms with Gasteiger partial charge in [0.25, 0.3) is 0 Å². The Balaban J connectivity index is 1.95. The van der Waals surface area contributed by atoms with Gasteiger partial charge in [0.2, 0.25) is 21.8 Å². The SMILES string of the molecule is CC(C)C(=O)NC1CN(S(=O)(=O)c2ccc(F)cc2)CC2(CCCC2)NC1=O. The van der Waals surface area contributed by atoms with Gasteiger partial charge < -0.3 is 10.6 Å². The molecule has 2 aliphatic rings. The minimum atomic E-state index is -3.95. The van der Waals surface area contributed by atoms with Crippen LogP contribution in [0.3, 0.4) is 0 Å². The number of benzene rings is 1. The van der Waals surface area contributed by atoms with Crippen molar-refractivity contribution < 1.29 is 22.4 Å². The number of halogens is 1. The van der Waals surface area contributed by atoms with Crippen LogP contribution in [0.5, 0.6) is 0 Å². The summed E-state index contributed by atoms with van der Waals surface area (Å²) in [5.41, 5.74) is -0.637. The minimum absolute atomic E-state index is 0.0367. The molecule has 0 aromatic heterocycles. The van der Waals surface area contributed by atoms with Crippen molar-refractivity contribution in [1.29, 1.82) is 0 Å². The van der Waals surface area contributed by atoms with Gasteiger partial charge in [-0.05, 0) is 37.1 Å². The minimum Gasteiger partial charge on any atom is -0.348 e. The molecule has 1 saturated carbocycles. The van der Waals surface area contributed by atoms with Crippen molar-refractivity contribution in [2.24, 2.45) is 5.92 Å². The zero-order valence-electron chi connectivity index (χ0n) is 16.1. The molecule has 154 valence electrons. The van der Waals surface area contributed by atoms with E-state index in [-0.39, 0.29) is 35.7 Å². The van der Waals surface area contributed by atoms with Gasteiger partial charge in [-0.1, -0.05) is 26.7 Å². The molecule has 2 fully saturated rings. The van der Waals surface area contributed by atoms with Crippen LogP contribution in [0.2, 0.25) is 0 Å². The molecule has 1 spiro atoms. The first-order valence-electron chi connectivity index (χ1n) is 9.51. The summed E-state index contributed by atoms with van der Waals surface area (Å²) in [5, 5.41) is 5.65. The molecule has 2 N–H and O–H groups in total. The molecule has 1 atom stereocenters. The van der Waals surface area contributed by atoms with Gasteiger partial charge in [0.1, 0.15) is 11.9 Å². The van der Waals surface area contributed by atoms with Gasteiger partial charge in [-0.2, -0.15) is 4.31 Å². The molecule has 1 unspecified atom stereocenters. The highest BCUT2D eigenvalue weighted by atomic mass is 32.2. The van der Waals surface area contributed by atoms with E-state index < -0.39 is 27.4 Å². The normalized spacial score (nSPS) is 22.9. The molecular formula is C19H26FN3O4S. The monoisotopic (exact) mass is 411 g/mol. The second-order valence-corrected chi connectivity index (χ2v) is 9.88. The number of amides is 2. The molecule has 28 heavy (non-hydrogen) atoms. The highest BCUT2D eigenvalue weighted by Gasteiger charge is 2.45. The zero-order chi connectivity index (χ0) is 20.5. The summed E-state index contributed by atoms with van der Waals surface area (Å²) in [5.74, 6) is -1.55. The number of rotatable bonds is 4. The third-order valence-corrected chi connectivity index (χ3v) is 7.25. The zero-order valence-corrected chi connectivity index (χ0v) is 16.9. The number of carbonyl (C=O) groups is 2. The third-order valence-electron chi connectivity index (χ3n) is 5.42. The van der Waals surface area contributed by atoms with Crippen LogP contribution in [0.25, 0.3) is 0 Å². The smallest absolute Gasteiger partial charge is 0.244 e. The molecule has 0 radical (unpaired) electrons. The van der Waals surface area contributed by atoms with Crippen LogP contribution in [-0.4, -0.2) is 49.2 Å². The van der Waals surface area contributed by atoms with Crippen molar-refractivity contribution in [1.82, 2.24) is 14.9 Å². The van der Waals surface area contributed by atoms with E-state index in [2.05, 4.69) is 10.6 Å². The molecule has 1 saturated heterocycles. The van der Waals surface area contributed by atoms with Crippen LogP contribution >= 0.6 is 0 Å². The largest absolute Gasteiger partial charge is 0.348 e. The number of nitrogens with one attached hydrogen (secondary N) is 2. The van der Waals surface area contributed by atoms with Gasteiger partial charge in [0.15, 0.2) is 0 Å². The van der Waals surface area contributed by atoms with Gasteiger partial charge in [-0.3, -0.25) is 9.59 Å². The molecule has 3 rings (SSSR count). The predicted octanol–water partition coefficient (Wildman–Crippen LogP) is 1.40. The Morgan fingerprint density at radius 2 is 1.86 bits per heavy atom. The van der Waals surface area contributed by atoms with Gasteiger partial charge >= 0.3 is 0 Å². The highest BCUT2D eigenvalue weighted by Crippen LogP contribution is 2.33. The molecule has 1 aromatic rings. The topological polar surface area (TPSA) is 95.6 Å². The van der Waals surface area contributed by atoms with E-state index in [1.165, 1.54) is 16.4 Å². The number of hydrogen-bond donors (Lipinski definition) is 2. The summed E-state index contributed by atoms with van der Waals surface area (Å²) >= 11 is 0. The van der Waals surface area contributed by atoms with Crippen LogP contribution in [0.15, 0.2) is 29.2 Å².